The van der Waals surface area contributed by atoms with Gasteiger partial charge in [0.15, 0.2) is 0 Å². The number of fused-ring (bicyclic) bond motifs is 1. The molecule has 3 unspecified atom stereocenters. The molecule has 1 fully saturated rings. The molecule has 0 aliphatic carbocycles. The lowest BCUT2D eigenvalue weighted by Crippen LogP contribution is -2.48. The largest absolute Gasteiger partial charge is 0.472 e. The number of hydrogen-bond acceptors (Lipinski definition) is 4. The molecule has 66 valence electrons. The maximum Gasteiger partial charge on any atom is 0.302 e. The highest BCUT2D eigenvalue weighted by molar-refractivity contribution is 5.65. The fraction of sp³-hybridized carbons (Fsp3) is 0.625. The summed E-state index contributed by atoms with van der Waals surface area (Å²) in [7, 11) is 0. The number of esters is 1. The van der Waals surface area contributed by atoms with Crippen LogP contribution in [0.15, 0.2) is 12.3 Å². The Balaban J connectivity index is 1.77. The van der Waals surface area contributed by atoms with E-state index in [9.17, 15) is 4.79 Å². The van der Waals surface area contributed by atoms with Crippen molar-refractivity contribution in [1.82, 2.24) is 0 Å². The highest BCUT2D eigenvalue weighted by Gasteiger charge is 2.45. The molecule has 0 aromatic carbocycles. The Morgan fingerprint density at radius 3 is 3.17 bits per heavy atom. The third-order valence-electron chi connectivity index (χ3n) is 2.02. The average Bonchev–Trinajstić information content (AvgIpc) is 2.32. The first-order valence-corrected chi connectivity index (χ1v) is 3.88. The van der Waals surface area contributed by atoms with Gasteiger partial charge in [-0.15, -0.1) is 0 Å². The Kier molecular flexibility index (Phi) is 1.77. The van der Waals surface area contributed by atoms with Crippen LogP contribution in [0.4, 0.5) is 0 Å². The molecule has 1 saturated heterocycles. The third kappa shape index (κ3) is 1.18. The van der Waals surface area contributed by atoms with Crippen LogP contribution in [0, 0.1) is 5.92 Å². The van der Waals surface area contributed by atoms with E-state index in [0.29, 0.717) is 6.61 Å². The summed E-state index contributed by atoms with van der Waals surface area (Å²) >= 11 is 0. The Labute approximate surface area is 70.1 Å². The molecule has 2 aliphatic rings. The molecule has 4 heteroatoms. The predicted molar refractivity (Wildman–Crippen MR) is 39.0 cm³/mol. The Morgan fingerprint density at radius 1 is 1.67 bits per heavy atom. The van der Waals surface area contributed by atoms with Crippen molar-refractivity contribution in [2.45, 2.75) is 19.3 Å². The zero-order chi connectivity index (χ0) is 8.55. The van der Waals surface area contributed by atoms with Crippen LogP contribution in [0.25, 0.3) is 0 Å². The molecule has 2 heterocycles. The molecule has 3 atom stereocenters. The van der Waals surface area contributed by atoms with Gasteiger partial charge in [0.2, 0.25) is 6.29 Å². The Hall–Kier alpha value is -1.03. The van der Waals surface area contributed by atoms with Crippen LogP contribution in [0.3, 0.4) is 0 Å². The second kappa shape index (κ2) is 2.79. The first-order chi connectivity index (χ1) is 5.77. The smallest absolute Gasteiger partial charge is 0.302 e. The van der Waals surface area contributed by atoms with Crippen LogP contribution in [-0.2, 0) is 19.0 Å². The van der Waals surface area contributed by atoms with Crippen molar-refractivity contribution >= 4 is 5.97 Å². The lowest BCUT2D eigenvalue weighted by atomic mass is 9.98. The minimum Gasteiger partial charge on any atom is -0.472 e. The predicted octanol–water partition coefficient (Wildman–Crippen LogP) is 0.434. The summed E-state index contributed by atoms with van der Waals surface area (Å²) in [6, 6.07) is 0. The lowest BCUT2D eigenvalue weighted by molar-refractivity contribution is -0.264. The van der Waals surface area contributed by atoms with Gasteiger partial charge in [-0.25, -0.2) is 0 Å². The molecule has 0 saturated carbocycles. The first-order valence-electron chi connectivity index (χ1n) is 3.88. The van der Waals surface area contributed by atoms with Crippen LogP contribution in [0.2, 0.25) is 0 Å². The van der Waals surface area contributed by atoms with Crippen molar-refractivity contribution in [3.05, 3.63) is 12.3 Å². The molecule has 2 aliphatic heterocycles. The van der Waals surface area contributed by atoms with E-state index >= 15 is 0 Å². The van der Waals surface area contributed by atoms with Crippen LogP contribution in [0.5, 0.6) is 0 Å². The van der Waals surface area contributed by atoms with Gasteiger partial charge in [-0.3, -0.25) is 4.79 Å². The fourth-order valence-electron chi connectivity index (χ4n) is 1.34. The number of carbonyl (C=O) groups excluding carboxylic acids is 1. The number of rotatable bonds is 2. The minimum absolute atomic E-state index is 0.0161. The molecular formula is C8H10O4. The normalized spacial score (nSPS) is 36.6. The molecule has 0 aromatic heterocycles. The molecule has 0 bridgehead atoms. The topological polar surface area (TPSA) is 44.8 Å². The van der Waals surface area contributed by atoms with Crippen molar-refractivity contribution in [2.75, 3.05) is 6.61 Å². The molecule has 0 aromatic rings. The van der Waals surface area contributed by atoms with Crippen molar-refractivity contribution < 1.29 is 19.0 Å². The van der Waals surface area contributed by atoms with Gasteiger partial charge in [0.25, 0.3) is 0 Å². The summed E-state index contributed by atoms with van der Waals surface area (Å²) in [4.78, 5) is 10.5. The standard InChI is InChI=1S/C8H10O4/c1-5(9)11-4-7-6-2-3-10-8(6)12-7/h2-3,6-8H,4H2,1H3. The van der Waals surface area contributed by atoms with Crippen LogP contribution >= 0.6 is 0 Å². The fourth-order valence-corrected chi connectivity index (χ4v) is 1.34. The van der Waals surface area contributed by atoms with Gasteiger partial charge < -0.3 is 14.2 Å². The summed E-state index contributed by atoms with van der Waals surface area (Å²) in [6.07, 6.45) is 3.41. The summed E-state index contributed by atoms with van der Waals surface area (Å²) in [5, 5.41) is 0. The maximum atomic E-state index is 10.5. The van der Waals surface area contributed by atoms with E-state index in [4.69, 9.17) is 14.2 Å². The van der Waals surface area contributed by atoms with E-state index in [1.54, 1.807) is 6.26 Å². The average molecular weight is 170 g/mol. The van der Waals surface area contributed by atoms with Gasteiger partial charge in [-0.2, -0.15) is 0 Å². The molecule has 0 amide bonds. The van der Waals surface area contributed by atoms with E-state index in [-0.39, 0.29) is 24.3 Å². The van der Waals surface area contributed by atoms with E-state index in [2.05, 4.69) is 0 Å². The molecule has 12 heavy (non-hydrogen) atoms. The van der Waals surface area contributed by atoms with Crippen molar-refractivity contribution in [3.63, 3.8) is 0 Å². The van der Waals surface area contributed by atoms with Gasteiger partial charge in [0.1, 0.15) is 12.7 Å². The van der Waals surface area contributed by atoms with Crippen LogP contribution < -0.4 is 0 Å². The van der Waals surface area contributed by atoms with Gasteiger partial charge in [-0.1, -0.05) is 0 Å². The SMILES string of the molecule is CC(=O)OCC1OC2OC=CC12. The number of carbonyl (C=O) groups is 1. The van der Waals surface area contributed by atoms with Crippen molar-refractivity contribution in [2.24, 2.45) is 5.92 Å². The lowest BCUT2D eigenvalue weighted by Gasteiger charge is -2.37. The van der Waals surface area contributed by atoms with Gasteiger partial charge >= 0.3 is 5.97 Å². The summed E-state index contributed by atoms with van der Waals surface area (Å²) in [5.41, 5.74) is 0. The van der Waals surface area contributed by atoms with Crippen molar-refractivity contribution in [3.8, 4) is 0 Å². The Bertz CT molecular complexity index is 223. The second-order valence-corrected chi connectivity index (χ2v) is 2.89. The number of ether oxygens (including phenoxy) is 3. The summed E-state index contributed by atoms with van der Waals surface area (Å²) < 4.78 is 15.1. The molecule has 2 rings (SSSR count). The van der Waals surface area contributed by atoms with E-state index in [1.807, 2.05) is 6.08 Å². The maximum absolute atomic E-state index is 10.5. The summed E-state index contributed by atoms with van der Waals surface area (Å²) in [6.45, 7) is 1.71. The minimum atomic E-state index is -0.273. The zero-order valence-corrected chi connectivity index (χ0v) is 6.73. The van der Waals surface area contributed by atoms with Gasteiger partial charge in [-0.05, 0) is 6.08 Å². The van der Waals surface area contributed by atoms with Crippen molar-refractivity contribution in [1.29, 1.82) is 0 Å². The molecule has 4 nitrogen and oxygen atoms in total. The molecular weight excluding hydrogens is 160 g/mol. The monoisotopic (exact) mass is 170 g/mol. The highest BCUT2D eigenvalue weighted by atomic mass is 16.7. The number of hydrogen-bond donors (Lipinski definition) is 0. The third-order valence-corrected chi connectivity index (χ3v) is 2.02. The zero-order valence-electron chi connectivity index (χ0n) is 6.73. The summed E-state index contributed by atoms with van der Waals surface area (Å²) in [5.74, 6) is -0.00528. The highest BCUT2D eigenvalue weighted by Crippen LogP contribution is 2.34. The van der Waals surface area contributed by atoms with Crippen LogP contribution in [-0.4, -0.2) is 25.0 Å². The van der Waals surface area contributed by atoms with E-state index < -0.39 is 0 Å². The Morgan fingerprint density at radius 2 is 2.50 bits per heavy atom. The van der Waals surface area contributed by atoms with Crippen LogP contribution in [0.1, 0.15) is 6.92 Å². The van der Waals surface area contributed by atoms with Gasteiger partial charge in [0.05, 0.1) is 12.2 Å². The van der Waals surface area contributed by atoms with Gasteiger partial charge in [0, 0.05) is 6.92 Å². The molecule has 0 N–H and O–H groups in total. The quantitative estimate of drug-likeness (QED) is 0.564. The molecule has 0 spiro atoms. The van der Waals surface area contributed by atoms with E-state index in [1.165, 1.54) is 6.92 Å². The second-order valence-electron chi connectivity index (χ2n) is 2.89. The first kappa shape index (κ1) is 7.61. The molecule has 0 radical (unpaired) electrons. The van der Waals surface area contributed by atoms with E-state index in [0.717, 1.165) is 0 Å².